The molecule has 1 aromatic rings. The van der Waals surface area contributed by atoms with E-state index >= 15 is 0 Å². The lowest BCUT2D eigenvalue weighted by molar-refractivity contribution is 0.744. The fraction of sp³-hybridized carbons (Fsp3) is 0.467. The molecule has 16 heavy (non-hydrogen) atoms. The molecule has 2 rings (SSSR count). The Morgan fingerprint density at radius 1 is 1.12 bits per heavy atom. The van der Waals surface area contributed by atoms with Crippen LogP contribution in [-0.4, -0.2) is 13.1 Å². The van der Waals surface area contributed by atoms with Crippen molar-refractivity contribution in [3.05, 3.63) is 35.4 Å². The predicted molar refractivity (Wildman–Crippen MR) is 72.0 cm³/mol. The molecule has 0 radical (unpaired) electrons. The topological polar surface area (TPSA) is 3.24 Å². The summed E-state index contributed by atoms with van der Waals surface area (Å²) >= 11 is 0. The van der Waals surface area contributed by atoms with E-state index in [2.05, 4.69) is 49.1 Å². The van der Waals surface area contributed by atoms with Crippen molar-refractivity contribution in [2.75, 3.05) is 18.0 Å². The van der Waals surface area contributed by atoms with Crippen LogP contribution >= 0.6 is 0 Å². The zero-order valence-electron chi connectivity index (χ0n) is 10.4. The molecule has 0 N–H and O–H groups in total. The van der Waals surface area contributed by atoms with Crippen molar-refractivity contribution in [3.63, 3.8) is 0 Å². The maximum atomic E-state index is 2.52. The first-order valence-corrected chi connectivity index (χ1v) is 6.40. The third-order valence-corrected chi connectivity index (χ3v) is 3.12. The molecule has 0 aliphatic heterocycles. The van der Waals surface area contributed by atoms with Gasteiger partial charge >= 0.3 is 0 Å². The van der Waals surface area contributed by atoms with E-state index in [4.69, 9.17) is 0 Å². The minimum Gasteiger partial charge on any atom is -0.371 e. The monoisotopic (exact) mass is 215 g/mol. The van der Waals surface area contributed by atoms with Gasteiger partial charge in [-0.2, -0.15) is 0 Å². The Hall–Kier alpha value is -1.24. The molecule has 0 saturated carbocycles. The number of hydrogen-bond donors (Lipinski definition) is 0. The number of nitrogens with zero attached hydrogens (tertiary/aromatic N) is 1. The fourth-order valence-electron chi connectivity index (χ4n) is 2.44. The summed E-state index contributed by atoms with van der Waals surface area (Å²) in [6, 6.07) is 6.70. The second kappa shape index (κ2) is 5.20. The van der Waals surface area contributed by atoms with E-state index in [0.717, 1.165) is 19.5 Å². The van der Waals surface area contributed by atoms with Gasteiger partial charge in [-0.1, -0.05) is 38.1 Å². The normalized spacial score (nSPS) is 12.9. The molecule has 0 atom stereocenters. The molecule has 86 valence electrons. The Kier molecular flexibility index (Phi) is 3.66. The van der Waals surface area contributed by atoms with Crippen molar-refractivity contribution in [2.45, 2.75) is 33.1 Å². The lowest BCUT2D eigenvalue weighted by Crippen LogP contribution is -2.25. The highest BCUT2D eigenvalue weighted by molar-refractivity contribution is 5.74. The maximum absolute atomic E-state index is 2.52. The van der Waals surface area contributed by atoms with Gasteiger partial charge in [0, 0.05) is 24.3 Å². The first kappa shape index (κ1) is 11.3. The number of fused-ring (bicyclic) bond motifs is 1. The van der Waals surface area contributed by atoms with Gasteiger partial charge in [0.2, 0.25) is 0 Å². The third kappa shape index (κ3) is 2.13. The van der Waals surface area contributed by atoms with Crippen LogP contribution in [0.4, 0.5) is 5.69 Å². The summed E-state index contributed by atoms with van der Waals surface area (Å²) in [6.45, 7) is 6.83. The molecular weight excluding hydrogens is 194 g/mol. The van der Waals surface area contributed by atoms with Crippen molar-refractivity contribution in [1.29, 1.82) is 0 Å². The predicted octanol–water partition coefficient (Wildman–Crippen LogP) is 3.88. The largest absolute Gasteiger partial charge is 0.371 e. The van der Waals surface area contributed by atoms with Gasteiger partial charge in [0.25, 0.3) is 0 Å². The zero-order chi connectivity index (χ0) is 11.4. The Bertz CT molecular complexity index is 373. The number of anilines is 1. The van der Waals surface area contributed by atoms with Crippen molar-refractivity contribution in [2.24, 2.45) is 0 Å². The molecule has 1 heteroatoms. The summed E-state index contributed by atoms with van der Waals surface area (Å²) in [5.41, 5.74) is 4.36. The summed E-state index contributed by atoms with van der Waals surface area (Å²) in [6.07, 6.45) is 8.09. The smallest absolute Gasteiger partial charge is 0.0442 e. The summed E-state index contributed by atoms with van der Waals surface area (Å²) in [5.74, 6) is 0. The Morgan fingerprint density at radius 3 is 2.56 bits per heavy atom. The quantitative estimate of drug-likeness (QED) is 0.720. The molecule has 0 aromatic heterocycles. The van der Waals surface area contributed by atoms with E-state index in [1.807, 2.05) is 0 Å². The van der Waals surface area contributed by atoms with E-state index in [0.29, 0.717) is 0 Å². The van der Waals surface area contributed by atoms with E-state index < -0.39 is 0 Å². The Morgan fingerprint density at radius 2 is 1.88 bits per heavy atom. The molecule has 0 saturated heterocycles. The van der Waals surface area contributed by atoms with Crippen LogP contribution in [0.5, 0.6) is 0 Å². The van der Waals surface area contributed by atoms with Crippen LogP contribution in [0.1, 0.15) is 37.8 Å². The van der Waals surface area contributed by atoms with Crippen LogP contribution in [0, 0.1) is 0 Å². The lowest BCUT2D eigenvalue weighted by Gasteiger charge is -2.26. The molecule has 0 bridgehead atoms. The Balaban J connectivity index is 2.30. The molecule has 0 unspecified atom stereocenters. The number of allylic oxidation sites excluding steroid dienone is 1. The minimum absolute atomic E-state index is 1.11. The van der Waals surface area contributed by atoms with E-state index in [1.54, 1.807) is 0 Å². The fourth-order valence-corrected chi connectivity index (χ4v) is 2.44. The molecule has 1 nitrogen and oxygen atoms in total. The third-order valence-electron chi connectivity index (χ3n) is 3.12. The summed E-state index contributed by atoms with van der Waals surface area (Å²) in [4.78, 5) is 2.52. The van der Waals surface area contributed by atoms with Crippen LogP contribution in [0.2, 0.25) is 0 Å². The van der Waals surface area contributed by atoms with Crippen LogP contribution in [0.25, 0.3) is 6.08 Å². The van der Waals surface area contributed by atoms with Crippen molar-refractivity contribution in [3.8, 4) is 0 Å². The van der Waals surface area contributed by atoms with Gasteiger partial charge in [0.1, 0.15) is 0 Å². The molecule has 0 amide bonds. The molecule has 1 aliphatic rings. The van der Waals surface area contributed by atoms with Crippen molar-refractivity contribution in [1.82, 2.24) is 0 Å². The minimum atomic E-state index is 1.11. The van der Waals surface area contributed by atoms with Crippen LogP contribution in [-0.2, 0) is 6.42 Å². The van der Waals surface area contributed by atoms with Crippen LogP contribution < -0.4 is 4.90 Å². The van der Waals surface area contributed by atoms with Gasteiger partial charge in [-0.3, -0.25) is 0 Å². The van der Waals surface area contributed by atoms with Gasteiger partial charge < -0.3 is 4.90 Å². The lowest BCUT2D eigenvalue weighted by atomic mass is 10.1. The molecule has 0 heterocycles. The highest BCUT2D eigenvalue weighted by Gasteiger charge is 2.13. The summed E-state index contributed by atoms with van der Waals surface area (Å²) in [7, 11) is 0. The van der Waals surface area contributed by atoms with Gasteiger partial charge in [0.05, 0.1) is 0 Å². The molecular formula is C15H21N. The van der Waals surface area contributed by atoms with Gasteiger partial charge in [-0.25, -0.2) is 0 Å². The first-order valence-electron chi connectivity index (χ1n) is 6.40. The summed E-state index contributed by atoms with van der Waals surface area (Å²) < 4.78 is 0. The van der Waals surface area contributed by atoms with Crippen molar-refractivity contribution >= 4 is 11.8 Å². The average Bonchev–Trinajstić information content (AvgIpc) is 2.76. The zero-order valence-corrected chi connectivity index (χ0v) is 10.4. The van der Waals surface area contributed by atoms with Crippen LogP contribution in [0.3, 0.4) is 0 Å². The van der Waals surface area contributed by atoms with Gasteiger partial charge in [0.15, 0.2) is 0 Å². The number of hydrogen-bond acceptors (Lipinski definition) is 1. The summed E-state index contributed by atoms with van der Waals surface area (Å²) in [5, 5.41) is 0. The highest BCUT2D eigenvalue weighted by Crippen LogP contribution is 2.30. The highest BCUT2D eigenvalue weighted by atomic mass is 15.1. The van der Waals surface area contributed by atoms with E-state index in [1.165, 1.54) is 29.7 Å². The molecule has 0 fully saturated rings. The van der Waals surface area contributed by atoms with E-state index in [9.17, 15) is 0 Å². The van der Waals surface area contributed by atoms with Gasteiger partial charge in [-0.15, -0.1) is 0 Å². The first-order chi connectivity index (χ1) is 7.86. The second-order valence-electron chi connectivity index (χ2n) is 4.44. The maximum Gasteiger partial charge on any atom is 0.0442 e. The SMILES string of the molecule is CCCN(CCC)c1cccc2c1C=CC2. The molecule has 1 aromatic carbocycles. The standard InChI is InChI=1S/C15H21N/c1-3-11-16(12-4-2)15-10-6-8-13-7-5-9-14(13)15/h5-6,8-10H,3-4,7,11-12H2,1-2H3. The average molecular weight is 215 g/mol. The van der Waals surface area contributed by atoms with Crippen molar-refractivity contribution < 1.29 is 0 Å². The molecule has 0 spiro atoms. The number of benzene rings is 1. The number of rotatable bonds is 5. The second-order valence-corrected chi connectivity index (χ2v) is 4.44. The van der Waals surface area contributed by atoms with Crippen LogP contribution in [0.15, 0.2) is 24.3 Å². The molecule has 1 aliphatic carbocycles. The van der Waals surface area contributed by atoms with E-state index in [-0.39, 0.29) is 0 Å². The van der Waals surface area contributed by atoms with Gasteiger partial charge in [-0.05, 0) is 30.9 Å². The Labute approximate surface area is 98.8 Å².